The predicted molar refractivity (Wildman–Crippen MR) is 107 cm³/mol. The summed E-state index contributed by atoms with van der Waals surface area (Å²) in [4.78, 5) is 12.1. The van der Waals surface area contributed by atoms with Gasteiger partial charge in [-0.25, -0.2) is 0 Å². The van der Waals surface area contributed by atoms with Gasteiger partial charge in [0, 0.05) is 5.69 Å². The molecule has 0 fully saturated rings. The van der Waals surface area contributed by atoms with Gasteiger partial charge >= 0.3 is 0 Å². The first-order valence-corrected chi connectivity index (χ1v) is 9.05. The maximum Gasteiger partial charge on any atom is 0.288 e. The third-order valence-corrected chi connectivity index (χ3v) is 3.92. The second kappa shape index (κ2) is 9.32. The molecule has 1 aromatic carbocycles. The van der Waals surface area contributed by atoms with Gasteiger partial charge in [-0.1, -0.05) is 34.8 Å². The molecule has 6 nitrogen and oxygen atoms in total. The summed E-state index contributed by atoms with van der Waals surface area (Å²) in [5.41, 5.74) is 0.700. The number of rotatable bonds is 6. The molecule has 0 radical (unpaired) electrons. The van der Waals surface area contributed by atoms with Gasteiger partial charge in [0.15, 0.2) is 10.9 Å². The van der Waals surface area contributed by atoms with Crippen molar-refractivity contribution in [3.8, 4) is 5.75 Å². The van der Waals surface area contributed by atoms with Crippen molar-refractivity contribution >= 4 is 63.7 Å². The van der Waals surface area contributed by atoms with E-state index in [1.165, 1.54) is 12.3 Å². The molecule has 10 heteroatoms. The number of halogens is 3. The van der Waals surface area contributed by atoms with Crippen molar-refractivity contribution in [2.75, 3.05) is 11.9 Å². The molecule has 26 heavy (non-hydrogen) atoms. The van der Waals surface area contributed by atoms with Crippen molar-refractivity contribution in [2.24, 2.45) is 0 Å². The number of hydrogen-bond donors (Lipinski definition) is 3. The summed E-state index contributed by atoms with van der Waals surface area (Å²) in [5, 5.41) is 8.37. The summed E-state index contributed by atoms with van der Waals surface area (Å²) < 4.78 is 8.53. The number of amides is 1. The molecule has 0 saturated carbocycles. The van der Waals surface area contributed by atoms with Crippen molar-refractivity contribution in [1.29, 1.82) is 0 Å². The molecule has 0 saturated heterocycles. The van der Waals surface area contributed by atoms with E-state index in [9.17, 15) is 4.79 Å². The number of carbonyl (C=O) groups is 1. The topological polar surface area (TPSA) is 75.5 Å². The van der Waals surface area contributed by atoms with Crippen LogP contribution in [-0.2, 0) is 0 Å². The van der Waals surface area contributed by atoms with Crippen molar-refractivity contribution < 1.29 is 13.9 Å². The van der Waals surface area contributed by atoms with Crippen LogP contribution in [-0.4, -0.2) is 27.6 Å². The summed E-state index contributed by atoms with van der Waals surface area (Å²) in [6.45, 7) is 2.48. The summed E-state index contributed by atoms with van der Waals surface area (Å²) in [6, 6.07) is 10.2. The van der Waals surface area contributed by atoms with Crippen LogP contribution in [0.2, 0.25) is 0 Å². The molecule has 0 aliphatic heterocycles. The molecular formula is C16H16Cl3N3O3S. The second-order valence-corrected chi connectivity index (χ2v) is 7.76. The lowest BCUT2D eigenvalue weighted by Crippen LogP contribution is -2.56. The Morgan fingerprint density at radius 2 is 1.92 bits per heavy atom. The van der Waals surface area contributed by atoms with Gasteiger partial charge in [0.1, 0.15) is 11.9 Å². The fourth-order valence-electron chi connectivity index (χ4n) is 1.91. The molecule has 0 bridgehead atoms. The average molecular weight is 437 g/mol. The zero-order valence-electron chi connectivity index (χ0n) is 13.6. The Morgan fingerprint density at radius 3 is 2.46 bits per heavy atom. The molecule has 1 amide bonds. The molecule has 2 rings (SSSR count). The van der Waals surface area contributed by atoms with Crippen LogP contribution in [0, 0.1) is 0 Å². The maximum atomic E-state index is 12.1. The highest BCUT2D eigenvalue weighted by molar-refractivity contribution is 7.80. The van der Waals surface area contributed by atoms with E-state index < -0.39 is 15.9 Å². The van der Waals surface area contributed by atoms with Crippen LogP contribution >= 0.6 is 47.0 Å². The Morgan fingerprint density at radius 1 is 1.23 bits per heavy atom. The van der Waals surface area contributed by atoms with E-state index in [0.29, 0.717) is 12.3 Å². The summed E-state index contributed by atoms with van der Waals surface area (Å²) >= 11 is 23.0. The second-order valence-electron chi connectivity index (χ2n) is 4.98. The Kier molecular flexibility index (Phi) is 7.40. The number of benzene rings is 1. The first kappa shape index (κ1) is 20.6. The first-order chi connectivity index (χ1) is 12.3. The maximum absolute atomic E-state index is 12.1. The molecule has 0 aliphatic carbocycles. The smallest absolute Gasteiger partial charge is 0.288 e. The van der Waals surface area contributed by atoms with E-state index in [1.807, 2.05) is 6.92 Å². The number of carbonyl (C=O) groups excluding carboxylic acids is 1. The Hall–Kier alpha value is -1.67. The summed E-state index contributed by atoms with van der Waals surface area (Å²) in [6.07, 6.45) is 0.276. The average Bonchev–Trinajstić information content (AvgIpc) is 3.10. The van der Waals surface area contributed by atoms with Gasteiger partial charge in [-0.3, -0.25) is 4.79 Å². The fourth-order valence-corrected chi connectivity index (χ4v) is 2.47. The lowest BCUT2D eigenvalue weighted by molar-refractivity contribution is 0.0906. The number of alkyl halides is 3. The monoisotopic (exact) mass is 435 g/mol. The lowest BCUT2D eigenvalue weighted by atomic mass is 10.3. The highest BCUT2D eigenvalue weighted by atomic mass is 35.6. The predicted octanol–water partition coefficient (Wildman–Crippen LogP) is 4.09. The van der Waals surface area contributed by atoms with Gasteiger partial charge in [-0.05, 0) is 55.5 Å². The molecule has 1 heterocycles. The van der Waals surface area contributed by atoms with Crippen LogP contribution in [0.1, 0.15) is 17.5 Å². The first-order valence-electron chi connectivity index (χ1n) is 7.51. The standard InChI is InChI=1S/C16H16Cl3N3O3S/c1-2-24-11-7-5-10(6-8-11)20-15(26)22-14(16(17,18)19)21-13(23)12-4-3-9-25-12/h3-9,14H,2H2,1H3,(H,21,23)(H2,20,22,26). The van der Waals surface area contributed by atoms with Gasteiger partial charge < -0.3 is 25.1 Å². The van der Waals surface area contributed by atoms with Crippen LogP contribution in [0.3, 0.4) is 0 Å². The third-order valence-electron chi connectivity index (χ3n) is 3.05. The zero-order chi connectivity index (χ0) is 19.2. The van der Waals surface area contributed by atoms with Gasteiger partial charge in [0.05, 0.1) is 12.9 Å². The number of furan rings is 1. The van der Waals surface area contributed by atoms with Crippen molar-refractivity contribution in [1.82, 2.24) is 10.6 Å². The number of hydrogen-bond acceptors (Lipinski definition) is 4. The van der Waals surface area contributed by atoms with E-state index in [2.05, 4.69) is 16.0 Å². The highest BCUT2D eigenvalue weighted by Gasteiger charge is 2.35. The van der Waals surface area contributed by atoms with Crippen LogP contribution in [0.4, 0.5) is 5.69 Å². The largest absolute Gasteiger partial charge is 0.494 e. The molecule has 1 atom stereocenters. The molecule has 0 spiro atoms. The number of anilines is 1. The number of nitrogens with one attached hydrogen (secondary N) is 3. The van der Waals surface area contributed by atoms with E-state index in [1.54, 1.807) is 30.3 Å². The van der Waals surface area contributed by atoms with Crippen LogP contribution in [0.15, 0.2) is 47.1 Å². The van der Waals surface area contributed by atoms with E-state index in [0.717, 1.165) is 5.75 Å². The minimum absolute atomic E-state index is 0.0800. The Balaban J connectivity index is 1.98. The van der Waals surface area contributed by atoms with Gasteiger partial charge in [-0.15, -0.1) is 0 Å². The molecule has 1 aromatic heterocycles. The van der Waals surface area contributed by atoms with Crippen molar-refractivity contribution in [2.45, 2.75) is 16.9 Å². The number of ether oxygens (including phenoxy) is 1. The minimum atomic E-state index is -1.85. The van der Waals surface area contributed by atoms with Crippen molar-refractivity contribution in [3.05, 3.63) is 48.4 Å². The highest BCUT2D eigenvalue weighted by Crippen LogP contribution is 2.29. The summed E-state index contributed by atoms with van der Waals surface area (Å²) in [5.74, 6) is 0.265. The molecule has 140 valence electrons. The molecule has 1 unspecified atom stereocenters. The van der Waals surface area contributed by atoms with Crippen LogP contribution in [0.25, 0.3) is 0 Å². The molecule has 0 aliphatic rings. The minimum Gasteiger partial charge on any atom is -0.494 e. The molecule has 2 aromatic rings. The van der Waals surface area contributed by atoms with E-state index in [4.69, 9.17) is 56.2 Å². The van der Waals surface area contributed by atoms with Gasteiger partial charge in [0.25, 0.3) is 5.91 Å². The normalized spacial score (nSPS) is 12.2. The van der Waals surface area contributed by atoms with E-state index >= 15 is 0 Å². The Bertz CT molecular complexity index is 733. The van der Waals surface area contributed by atoms with Crippen LogP contribution in [0.5, 0.6) is 5.75 Å². The molecule has 3 N–H and O–H groups in total. The lowest BCUT2D eigenvalue weighted by Gasteiger charge is -2.27. The van der Waals surface area contributed by atoms with Crippen molar-refractivity contribution in [3.63, 3.8) is 0 Å². The van der Waals surface area contributed by atoms with E-state index in [-0.39, 0.29) is 10.9 Å². The Labute approximate surface area is 171 Å². The van der Waals surface area contributed by atoms with Gasteiger partial charge in [-0.2, -0.15) is 0 Å². The van der Waals surface area contributed by atoms with Gasteiger partial charge in [0.2, 0.25) is 3.79 Å². The number of thiocarbonyl (C=S) groups is 1. The fraction of sp³-hybridized carbons (Fsp3) is 0.250. The zero-order valence-corrected chi connectivity index (χ0v) is 16.7. The third kappa shape index (κ3) is 6.25. The van der Waals surface area contributed by atoms with Crippen LogP contribution < -0.4 is 20.7 Å². The SMILES string of the molecule is CCOc1ccc(NC(=S)NC(NC(=O)c2ccco2)C(Cl)(Cl)Cl)cc1. The quantitative estimate of drug-likeness (QED) is 0.360. The summed E-state index contributed by atoms with van der Waals surface area (Å²) in [7, 11) is 0. The molecular weight excluding hydrogens is 421 g/mol.